The summed E-state index contributed by atoms with van der Waals surface area (Å²) in [5, 5.41) is 0. The molecule has 0 saturated carbocycles. The SMILES string of the molecule is CCC(CC)OC(=O)c1c(F)ncn1[C@H](C)c1ccccc1. The Hall–Kier alpha value is -2.17. The summed E-state index contributed by atoms with van der Waals surface area (Å²) < 4.78 is 20.8. The lowest BCUT2D eigenvalue weighted by Crippen LogP contribution is -2.21. The van der Waals surface area contributed by atoms with Crippen molar-refractivity contribution < 1.29 is 13.9 Å². The Balaban J connectivity index is 2.30. The van der Waals surface area contributed by atoms with Gasteiger partial charge >= 0.3 is 5.97 Å². The monoisotopic (exact) mass is 304 g/mol. The average Bonchev–Trinajstić information content (AvgIpc) is 2.94. The van der Waals surface area contributed by atoms with Crippen molar-refractivity contribution in [3.63, 3.8) is 0 Å². The van der Waals surface area contributed by atoms with Gasteiger partial charge in [0.2, 0.25) is 5.95 Å². The Bertz CT molecular complexity index is 621. The number of esters is 1. The molecule has 0 bridgehead atoms. The third kappa shape index (κ3) is 3.35. The van der Waals surface area contributed by atoms with Crippen molar-refractivity contribution in [3.8, 4) is 0 Å². The number of nitrogens with zero attached hydrogens (tertiary/aromatic N) is 2. The first-order valence-corrected chi connectivity index (χ1v) is 7.56. The van der Waals surface area contributed by atoms with Crippen LogP contribution in [-0.2, 0) is 4.74 Å². The fraction of sp³-hybridized carbons (Fsp3) is 0.412. The molecule has 0 radical (unpaired) electrons. The van der Waals surface area contributed by atoms with Gasteiger partial charge in [-0.3, -0.25) is 0 Å². The Labute approximate surface area is 129 Å². The Kier molecular flexibility index (Phi) is 5.31. The van der Waals surface area contributed by atoms with E-state index in [0.29, 0.717) is 12.8 Å². The molecule has 0 amide bonds. The van der Waals surface area contributed by atoms with Crippen molar-refractivity contribution in [1.82, 2.24) is 9.55 Å². The number of hydrogen-bond acceptors (Lipinski definition) is 3. The summed E-state index contributed by atoms with van der Waals surface area (Å²) in [5.74, 6) is -1.45. The minimum atomic E-state index is -0.793. The molecule has 0 unspecified atom stereocenters. The van der Waals surface area contributed by atoms with Gasteiger partial charge < -0.3 is 9.30 Å². The zero-order chi connectivity index (χ0) is 16.1. The maximum absolute atomic E-state index is 14.0. The molecule has 1 atom stereocenters. The molecule has 22 heavy (non-hydrogen) atoms. The number of halogens is 1. The molecule has 0 N–H and O–H groups in total. The predicted molar refractivity (Wildman–Crippen MR) is 82.2 cm³/mol. The third-order valence-electron chi connectivity index (χ3n) is 3.83. The maximum atomic E-state index is 14.0. The lowest BCUT2D eigenvalue weighted by molar-refractivity contribution is 0.0265. The topological polar surface area (TPSA) is 44.1 Å². The first kappa shape index (κ1) is 16.2. The van der Waals surface area contributed by atoms with E-state index in [4.69, 9.17) is 4.74 Å². The average molecular weight is 304 g/mol. The van der Waals surface area contributed by atoms with Crippen LogP contribution in [0.2, 0.25) is 0 Å². The number of carbonyl (C=O) groups is 1. The number of rotatable bonds is 6. The van der Waals surface area contributed by atoms with Gasteiger partial charge in [-0.05, 0) is 25.3 Å². The van der Waals surface area contributed by atoms with Crippen LogP contribution >= 0.6 is 0 Å². The molecule has 1 heterocycles. The Morgan fingerprint density at radius 1 is 1.27 bits per heavy atom. The van der Waals surface area contributed by atoms with Gasteiger partial charge in [-0.1, -0.05) is 44.2 Å². The third-order valence-corrected chi connectivity index (χ3v) is 3.83. The zero-order valence-electron chi connectivity index (χ0n) is 13.1. The molecule has 0 aliphatic heterocycles. The van der Waals surface area contributed by atoms with Crippen LogP contribution in [0.5, 0.6) is 0 Å². The van der Waals surface area contributed by atoms with Crippen molar-refractivity contribution in [2.75, 3.05) is 0 Å². The zero-order valence-corrected chi connectivity index (χ0v) is 13.1. The number of imidazole rings is 1. The van der Waals surface area contributed by atoms with E-state index in [1.54, 1.807) is 0 Å². The largest absolute Gasteiger partial charge is 0.458 e. The molecule has 0 fully saturated rings. The molecule has 5 heteroatoms. The molecule has 2 aromatic rings. The van der Waals surface area contributed by atoms with Gasteiger partial charge in [0, 0.05) is 0 Å². The van der Waals surface area contributed by atoms with Gasteiger partial charge in [0.1, 0.15) is 6.10 Å². The second-order valence-corrected chi connectivity index (χ2v) is 5.22. The highest BCUT2D eigenvalue weighted by Gasteiger charge is 2.25. The van der Waals surface area contributed by atoms with E-state index in [1.165, 1.54) is 10.9 Å². The second-order valence-electron chi connectivity index (χ2n) is 5.22. The summed E-state index contributed by atoms with van der Waals surface area (Å²) in [6, 6.07) is 9.37. The van der Waals surface area contributed by atoms with Crippen LogP contribution in [-0.4, -0.2) is 21.6 Å². The van der Waals surface area contributed by atoms with E-state index in [0.717, 1.165) is 5.56 Å². The molecule has 0 saturated heterocycles. The molecule has 118 valence electrons. The first-order valence-electron chi connectivity index (χ1n) is 7.56. The van der Waals surface area contributed by atoms with Gasteiger partial charge in [0.05, 0.1) is 12.4 Å². The quantitative estimate of drug-likeness (QED) is 0.758. The normalized spacial score (nSPS) is 12.4. The highest BCUT2D eigenvalue weighted by molar-refractivity contribution is 5.87. The summed E-state index contributed by atoms with van der Waals surface area (Å²) in [7, 11) is 0. The van der Waals surface area contributed by atoms with E-state index in [9.17, 15) is 9.18 Å². The number of aromatic nitrogens is 2. The van der Waals surface area contributed by atoms with Crippen LogP contribution in [0.15, 0.2) is 36.7 Å². The number of carbonyl (C=O) groups excluding carboxylic acids is 1. The maximum Gasteiger partial charge on any atom is 0.360 e. The number of benzene rings is 1. The van der Waals surface area contributed by atoms with Gasteiger partial charge in [0.25, 0.3) is 0 Å². The van der Waals surface area contributed by atoms with Gasteiger partial charge in [-0.15, -0.1) is 0 Å². The molecule has 4 nitrogen and oxygen atoms in total. The summed E-state index contributed by atoms with van der Waals surface area (Å²) >= 11 is 0. The molecule has 2 rings (SSSR count). The molecule has 1 aromatic heterocycles. The minimum Gasteiger partial charge on any atom is -0.458 e. The fourth-order valence-electron chi connectivity index (χ4n) is 2.38. The van der Waals surface area contributed by atoms with Gasteiger partial charge in [-0.25, -0.2) is 9.78 Å². The first-order chi connectivity index (χ1) is 10.6. The fourth-order valence-corrected chi connectivity index (χ4v) is 2.38. The molecule has 0 spiro atoms. The van der Waals surface area contributed by atoms with Gasteiger partial charge in [-0.2, -0.15) is 4.39 Å². The Morgan fingerprint density at radius 2 is 1.91 bits per heavy atom. The van der Waals surface area contributed by atoms with Crippen LogP contribution in [0, 0.1) is 5.95 Å². The summed E-state index contributed by atoms with van der Waals surface area (Å²) in [6.07, 6.45) is 2.54. The minimum absolute atomic E-state index is 0.122. The number of hydrogen-bond donors (Lipinski definition) is 0. The summed E-state index contributed by atoms with van der Waals surface area (Å²) in [6.45, 7) is 5.76. The van der Waals surface area contributed by atoms with Crippen molar-refractivity contribution in [1.29, 1.82) is 0 Å². The van der Waals surface area contributed by atoms with Crippen LogP contribution < -0.4 is 0 Å². The Morgan fingerprint density at radius 3 is 2.50 bits per heavy atom. The predicted octanol–water partition coefficient (Wildman–Crippen LogP) is 3.98. The van der Waals surface area contributed by atoms with E-state index in [-0.39, 0.29) is 17.8 Å². The molecular weight excluding hydrogens is 283 g/mol. The summed E-state index contributed by atoms with van der Waals surface area (Å²) in [5.41, 5.74) is 0.847. The van der Waals surface area contributed by atoms with E-state index < -0.39 is 11.9 Å². The molecule has 1 aromatic carbocycles. The standard InChI is InChI=1S/C17H21FN2O2/c1-4-14(5-2)22-17(21)15-16(18)19-11-20(15)12(3)13-9-7-6-8-10-13/h6-12,14H,4-5H2,1-3H3/t12-/m1/s1. The van der Waals surface area contributed by atoms with Crippen molar-refractivity contribution >= 4 is 5.97 Å². The van der Waals surface area contributed by atoms with E-state index >= 15 is 0 Å². The number of ether oxygens (including phenoxy) is 1. The molecule has 0 aliphatic carbocycles. The lowest BCUT2D eigenvalue weighted by atomic mass is 10.1. The van der Waals surface area contributed by atoms with Gasteiger partial charge in [0.15, 0.2) is 5.69 Å². The smallest absolute Gasteiger partial charge is 0.360 e. The van der Waals surface area contributed by atoms with E-state index in [1.807, 2.05) is 51.1 Å². The second kappa shape index (κ2) is 7.20. The van der Waals surface area contributed by atoms with Crippen molar-refractivity contribution in [2.45, 2.75) is 45.8 Å². The van der Waals surface area contributed by atoms with Crippen LogP contribution in [0.3, 0.4) is 0 Å². The van der Waals surface area contributed by atoms with Crippen molar-refractivity contribution in [3.05, 3.63) is 53.9 Å². The van der Waals surface area contributed by atoms with Crippen LogP contribution in [0.1, 0.15) is 55.7 Å². The van der Waals surface area contributed by atoms with Crippen molar-refractivity contribution in [2.24, 2.45) is 0 Å². The lowest BCUT2D eigenvalue weighted by Gasteiger charge is -2.18. The highest BCUT2D eigenvalue weighted by atomic mass is 19.1. The van der Waals surface area contributed by atoms with Crippen LogP contribution in [0.25, 0.3) is 0 Å². The molecular formula is C17H21FN2O2. The molecule has 0 aliphatic rings. The van der Waals surface area contributed by atoms with E-state index in [2.05, 4.69) is 4.98 Å². The highest BCUT2D eigenvalue weighted by Crippen LogP contribution is 2.22. The summed E-state index contributed by atoms with van der Waals surface area (Å²) in [4.78, 5) is 15.9. The van der Waals surface area contributed by atoms with Crippen LogP contribution in [0.4, 0.5) is 4.39 Å².